The van der Waals surface area contributed by atoms with Crippen molar-refractivity contribution in [1.29, 1.82) is 0 Å². The van der Waals surface area contributed by atoms with E-state index in [9.17, 15) is 9.59 Å². The highest BCUT2D eigenvalue weighted by Gasteiger charge is 2.37. The second-order valence-electron chi connectivity index (χ2n) is 8.95. The van der Waals surface area contributed by atoms with Gasteiger partial charge in [-0.25, -0.2) is 15.0 Å². The largest absolute Gasteiger partial charge is 0.441 e. The average molecular weight is 427 g/mol. The van der Waals surface area contributed by atoms with Gasteiger partial charge in [0.1, 0.15) is 17.0 Å². The Morgan fingerprint density at radius 3 is 2.60 bits per heavy atom. The standard InChI is InChI=1S/C22H30N4O3Si/c1-14-24-17(9-10-22(3,4)30(5,6)28)12-19(25-14)21(27)23-13-16-7-8-20-18(11-16)26-15(2)29-20/h7-8,11-12,28H,9-10,13H2,1-6H3,(H,23,27). The number of amides is 1. The fraction of sp³-hybridized carbons (Fsp3) is 0.455. The first-order valence-electron chi connectivity index (χ1n) is 10.2. The van der Waals surface area contributed by atoms with Crippen LogP contribution >= 0.6 is 0 Å². The van der Waals surface area contributed by atoms with E-state index in [4.69, 9.17) is 4.42 Å². The van der Waals surface area contributed by atoms with Crippen molar-refractivity contribution in [3.05, 3.63) is 52.9 Å². The molecule has 0 aliphatic heterocycles. The lowest BCUT2D eigenvalue weighted by Gasteiger charge is -2.35. The smallest absolute Gasteiger partial charge is 0.270 e. The summed E-state index contributed by atoms with van der Waals surface area (Å²) >= 11 is 0. The van der Waals surface area contributed by atoms with Gasteiger partial charge in [-0.1, -0.05) is 19.9 Å². The number of oxazole rings is 1. The number of aryl methyl sites for hydroxylation is 3. The van der Waals surface area contributed by atoms with E-state index < -0.39 is 8.32 Å². The van der Waals surface area contributed by atoms with Crippen molar-refractivity contribution >= 4 is 25.3 Å². The molecule has 8 heteroatoms. The van der Waals surface area contributed by atoms with Crippen LogP contribution in [-0.2, 0) is 13.0 Å². The molecular weight excluding hydrogens is 396 g/mol. The highest BCUT2D eigenvalue weighted by Crippen LogP contribution is 2.39. The number of nitrogens with one attached hydrogen (secondary N) is 1. The second kappa shape index (κ2) is 8.27. The predicted octanol–water partition coefficient (Wildman–Crippen LogP) is 4.07. The molecule has 7 nitrogen and oxygen atoms in total. The maximum absolute atomic E-state index is 12.7. The fourth-order valence-electron chi connectivity index (χ4n) is 3.09. The van der Waals surface area contributed by atoms with Gasteiger partial charge in [0.25, 0.3) is 5.91 Å². The van der Waals surface area contributed by atoms with Crippen LogP contribution in [0.1, 0.15) is 53.7 Å². The molecule has 2 heterocycles. The molecule has 1 aromatic carbocycles. The van der Waals surface area contributed by atoms with Crippen LogP contribution in [0.25, 0.3) is 11.1 Å². The van der Waals surface area contributed by atoms with Crippen LogP contribution in [-0.4, -0.2) is 34.0 Å². The van der Waals surface area contributed by atoms with Crippen molar-refractivity contribution in [3.63, 3.8) is 0 Å². The molecule has 0 saturated heterocycles. The minimum absolute atomic E-state index is 0.146. The lowest BCUT2D eigenvalue weighted by molar-refractivity contribution is 0.0945. The van der Waals surface area contributed by atoms with Crippen LogP contribution in [0, 0.1) is 13.8 Å². The van der Waals surface area contributed by atoms with Crippen molar-refractivity contribution < 1.29 is 14.0 Å². The Morgan fingerprint density at radius 2 is 1.90 bits per heavy atom. The first kappa shape index (κ1) is 22.1. The number of rotatable bonds is 7. The highest BCUT2D eigenvalue weighted by atomic mass is 28.4. The highest BCUT2D eigenvalue weighted by molar-refractivity contribution is 6.72. The van der Waals surface area contributed by atoms with Crippen LogP contribution in [0.15, 0.2) is 28.7 Å². The maximum Gasteiger partial charge on any atom is 0.270 e. The maximum atomic E-state index is 12.7. The van der Waals surface area contributed by atoms with Crippen LogP contribution in [0.2, 0.25) is 18.1 Å². The van der Waals surface area contributed by atoms with Gasteiger partial charge in [-0.05, 0) is 61.7 Å². The number of carbonyl (C=O) groups excluding carboxylic acids is 1. The minimum Gasteiger partial charge on any atom is -0.441 e. The first-order chi connectivity index (χ1) is 13.9. The van der Waals surface area contributed by atoms with E-state index in [1.54, 1.807) is 19.9 Å². The summed E-state index contributed by atoms with van der Waals surface area (Å²) < 4.78 is 5.48. The number of hydrogen-bond acceptors (Lipinski definition) is 6. The summed E-state index contributed by atoms with van der Waals surface area (Å²) in [5.74, 6) is 0.940. The molecule has 30 heavy (non-hydrogen) atoms. The quantitative estimate of drug-likeness (QED) is 0.552. The van der Waals surface area contributed by atoms with Crippen molar-refractivity contribution in [2.75, 3.05) is 0 Å². The Bertz CT molecular complexity index is 1070. The zero-order valence-corrected chi connectivity index (χ0v) is 19.5. The third-order valence-corrected chi connectivity index (χ3v) is 9.36. The number of hydrogen-bond donors (Lipinski definition) is 2. The number of carbonyl (C=O) groups is 1. The second-order valence-corrected chi connectivity index (χ2v) is 13.4. The molecular formula is C22H30N4O3Si. The van der Waals surface area contributed by atoms with Gasteiger partial charge in [0, 0.05) is 19.2 Å². The van der Waals surface area contributed by atoms with Crippen LogP contribution < -0.4 is 5.32 Å². The van der Waals surface area contributed by atoms with Crippen LogP contribution in [0.3, 0.4) is 0 Å². The van der Waals surface area contributed by atoms with Gasteiger partial charge in [-0.15, -0.1) is 0 Å². The third-order valence-electron chi connectivity index (χ3n) is 5.80. The molecule has 0 radical (unpaired) electrons. The Balaban J connectivity index is 1.67. The Labute approximate surface area is 178 Å². The van der Waals surface area contributed by atoms with E-state index in [2.05, 4.69) is 34.1 Å². The molecule has 3 aromatic rings. The van der Waals surface area contributed by atoms with E-state index in [0.717, 1.165) is 28.8 Å². The summed E-state index contributed by atoms with van der Waals surface area (Å²) in [5, 5.41) is 2.77. The zero-order valence-electron chi connectivity index (χ0n) is 18.5. The molecule has 0 spiro atoms. The van der Waals surface area contributed by atoms with Crippen molar-refractivity contribution in [1.82, 2.24) is 20.3 Å². The summed E-state index contributed by atoms with van der Waals surface area (Å²) in [6.07, 6.45) is 1.49. The summed E-state index contributed by atoms with van der Waals surface area (Å²) in [5.41, 5.74) is 3.62. The molecule has 1 amide bonds. The van der Waals surface area contributed by atoms with E-state index >= 15 is 0 Å². The summed E-state index contributed by atoms with van der Waals surface area (Å²) in [6, 6.07) is 7.42. The van der Waals surface area contributed by atoms with Gasteiger partial charge >= 0.3 is 0 Å². The lowest BCUT2D eigenvalue weighted by atomic mass is 10.0. The predicted molar refractivity (Wildman–Crippen MR) is 119 cm³/mol. The molecule has 2 N–H and O–H groups in total. The normalized spacial score (nSPS) is 12.4. The topological polar surface area (TPSA) is 101 Å². The molecule has 2 aromatic heterocycles. The van der Waals surface area contributed by atoms with Crippen LogP contribution in [0.5, 0.6) is 0 Å². The molecule has 0 fully saturated rings. The van der Waals surface area contributed by atoms with Gasteiger partial charge in [-0.2, -0.15) is 0 Å². The third kappa shape index (κ3) is 5.12. The van der Waals surface area contributed by atoms with Crippen molar-refractivity contribution in [2.45, 2.75) is 65.2 Å². The average Bonchev–Trinajstić information content (AvgIpc) is 3.02. The van der Waals surface area contributed by atoms with Gasteiger partial charge in [0.15, 0.2) is 19.8 Å². The van der Waals surface area contributed by atoms with Gasteiger partial charge in [0.05, 0.1) is 0 Å². The monoisotopic (exact) mass is 426 g/mol. The molecule has 3 rings (SSSR count). The molecule has 0 aliphatic carbocycles. The van der Waals surface area contributed by atoms with E-state index in [1.807, 2.05) is 31.3 Å². The van der Waals surface area contributed by atoms with E-state index in [-0.39, 0.29) is 10.9 Å². The molecule has 0 unspecified atom stereocenters. The van der Waals surface area contributed by atoms with Crippen molar-refractivity contribution in [2.24, 2.45) is 0 Å². The van der Waals surface area contributed by atoms with Gasteiger partial charge in [0.2, 0.25) is 0 Å². The number of nitrogens with zero attached hydrogens (tertiary/aromatic N) is 3. The molecule has 0 saturated carbocycles. The molecule has 160 valence electrons. The zero-order chi connectivity index (χ0) is 22.1. The summed E-state index contributed by atoms with van der Waals surface area (Å²) in [7, 11) is -2.29. The minimum atomic E-state index is -2.29. The van der Waals surface area contributed by atoms with Crippen molar-refractivity contribution in [3.8, 4) is 0 Å². The van der Waals surface area contributed by atoms with E-state index in [0.29, 0.717) is 30.4 Å². The number of fused-ring (bicyclic) bond motifs is 1. The van der Waals surface area contributed by atoms with Crippen LogP contribution in [0.4, 0.5) is 0 Å². The fourth-order valence-corrected chi connectivity index (χ4v) is 3.83. The summed E-state index contributed by atoms with van der Waals surface area (Å²) in [6.45, 7) is 12.1. The van der Waals surface area contributed by atoms with Gasteiger partial charge < -0.3 is 14.5 Å². The Morgan fingerprint density at radius 1 is 1.17 bits per heavy atom. The Kier molecular flexibility index (Phi) is 6.10. The van der Waals surface area contributed by atoms with E-state index in [1.165, 1.54) is 0 Å². The first-order valence-corrected chi connectivity index (χ1v) is 13.1. The SMILES string of the molecule is Cc1nc(CCC(C)(C)[Si](C)(C)O)cc(C(=O)NCc2ccc3oc(C)nc3c2)n1. The Hall–Kier alpha value is -2.58. The lowest BCUT2D eigenvalue weighted by Crippen LogP contribution is -2.39. The summed E-state index contributed by atoms with van der Waals surface area (Å²) in [4.78, 5) is 36.3. The number of benzene rings is 1. The molecule has 0 aliphatic rings. The molecule has 0 atom stereocenters. The molecule has 0 bridgehead atoms. The van der Waals surface area contributed by atoms with Gasteiger partial charge in [-0.3, -0.25) is 4.79 Å². The number of aromatic nitrogens is 3.